The van der Waals surface area contributed by atoms with Gasteiger partial charge in [0.1, 0.15) is 11.5 Å². The smallest absolute Gasteiger partial charge is 0.202 e. The van der Waals surface area contributed by atoms with Crippen molar-refractivity contribution in [3.63, 3.8) is 0 Å². The van der Waals surface area contributed by atoms with E-state index in [2.05, 4.69) is 37.4 Å². The number of rotatable bonds is 10. The zero-order valence-electron chi connectivity index (χ0n) is 21.1. The van der Waals surface area contributed by atoms with Crippen LogP contribution in [-0.2, 0) is 11.3 Å². The topological polar surface area (TPSA) is 122 Å². The largest absolute Gasteiger partial charge is 0.490 e. The van der Waals surface area contributed by atoms with Gasteiger partial charge >= 0.3 is 0 Å². The third kappa shape index (κ3) is 5.48. The number of anilines is 1. The van der Waals surface area contributed by atoms with Crippen LogP contribution in [0.3, 0.4) is 0 Å². The highest BCUT2D eigenvalue weighted by Gasteiger charge is 2.22. The lowest BCUT2D eigenvalue weighted by atomic mass is 10.1. The molecule has 0 spiro atoms. The van der Waals surface area contributed by atoms with E-state index in [0.717, 1.165) is 48.4 Å². The molecule has 11 nitrogen and oxygen atoms in total. The van der Waals surface area contributed by atoms with Crippen molar-refractivity contribution in [2.24, 2.45) is 0 Å². The Balaban J connectivity index is 1.35. The number of halogens is 2. The molecule has 1 aliphatic heterocycles. The van der Waals surface area contributed by atoms with E-state index in [1.165, 1.54) is 12.1 Å². The fourth-order valence-electron chi connectivity index (χ4n) is 4.29. The fourth-order valence-corrected chi connectivity index (χ4v) is 4.29. The summed E-state index contributed by atoms with van der Waals surface area (Å²) in [5, 5.41) is 15.9. The zero-order valence-corrected chi connectivity index (χ0v) is 21.1. The average Bonchev–Trinajstić information content (AvgIpc) is 3.60. The Bertz CT molecular complexity index is 1390. The van der Waals surface area contributed by atoms with Gasteiger partial charge in [-0.2, -0.15) is 14.2 Å². The monoisotopic (exact) mass is 525 g/mol. The van der Waals surface area contributed by atoms with Crippen LogP contribution in [0.5, 0.6) is 5.75 Å². The van der Waals surface area contributed by atoms with Crippen LogP contribution in [0.4, 0.5) is 14.6 Å². The molecule has 0 unspecified atom stereocenters. The standard InChI is InChI=1S/C25H29F2N9O2/c1-2-6-35-16-18(15-30-35)17-13-19(24(28)29-14-17)25-31-32-33-36(25)20-4-5-21(23(27)22(20)26)38-10-3-7-34-8-11-37-12-9-34/h4-5,13-16H,2-3,6-12H2,1H3,(H2,28,29). The summed E-state index contributed by atoms with van der Waals surface area (Å²) in [6, 6.07) is 4.49. The summed E-state index contributed by atoms with van der Waals surface area (Å²) < 4.78 is 43.9. The minimum atomic E-state index is -1.13. The third-order valence-electron chi connectivity index (χ3n) is 6.28. The second-order valence-corrected chi connectivity index (χ2v) is 8.93. The van der Waals surface area contributed by atoms with Gasteiger partial charge in [-0.1, -0.05) is 6.92 Å². The van der Waals surface area contributed by atoms with Gasteiger partial charge in [0.15, 0.2) is 17.4 Å². The Kier molecular flexibility index (Phi) is 7.84. The van der Waals surface area contributed by atoms with E-state index < -0.39 is 11.6 Å². The number of pyridine rings is 1. The second kappa shape index (κ2) is 11.6. The molecule has 0 radical (unpaired) electrons. The highest BCUT2D eigenvalue weighted by atomic mass is 19.2. The van der Waals surface area contributed by atoms with Gasteiger partial charge in [0.2, 0.25) is 5.82 Å². The number of morpholine rings is 1. The lowest BCUT2D eigenvalue weighted by Crippen LogP contribution is -2.37. The first-order valence-electron chi connectivity index (χ1n) is 12.5. The lowest BCUT2D eigenvalue weighted by molar-refractivity contribution is 0.0357. The van der Waals surface area contributed by atoms with Gasteiger partial charge in [-0.15, -0.1) is 5.10 Å². The molecule has 1 aliphatic rings. The van der Waals surface area contributed by atoms with Crippen LogP contribution in [0.1, 0.15) is 19.8 Å². The molecule has 5 rings (SSSR count). The van der Waals surface area contributed by atoms with E-state index >= 15 is 4.39 Å². The molecule has 0 bridgehead atoms. The maximum Gasteiger partial charge on any atom is 0.202 e. The summed E-state index contributed by atoms with van der Waals surface area (Å²) in [6.07, 6.45) is 6.87. The normalized spacial score (nSPS) is 14.2. The van der Waals surface area contributed by atoms with Crippen molar-refractivity contribution in [1.82, 2.24) is 39.9 Å². The highest BCUT2D eigenvalue weighted by Crippen LogP contribution is 2.31. The maximum atomic E-state index is 15.2. The third-order valence-corrected chi connectivity index (χ3v) is 6.28. The molecule has 3 aromatic heterocycles. The van der Waals surface area contributed by atoms with Gasteiger partial charge in [0.25, 0.3) is 0 Å². The van der Waals surface area contributed by atoms with Gasteiger partial charge in [-0.05, 0) is 41.5 Å². The molecule has 0 saturated carbocycles. The number of nitrogen functional groups attached to an aromatic ring is 1. The lowest BCUT2D eigenvalue weighted by Gasteiger charge is -2.26. The van der Waals surface area contributed by atoms with Crippen molar-refractivity contribution in [2.45, 2.75) is 26.3 Å². The molecule has 0 aliphatic carbocycles. The first-order chi connectivity index (χ1) is 18.5. The van der Waals surface area contributed by atoms with Crippen LogP contribution in [0, 0.1) is 11.6 Å². The molecular formula is C25H29F2N9O2. The summed E-state index contributed by atoms with van der Waals surface area (Å²) >= 11 is 0. The molecule has 1 saturated heterocycles. The minimum absolute atomic E-state index is 0.121. The number of tetrazole rings is 1. The number of aromatic nitrogens is 7. The van der Waals surface area contributed by atoms with E-state index in [-0.39, 0.29) is 29.7 Å². The summed E-state index contributed by atoms with van der Waals surface area (Å²) in [5.74, 6) is -2.15. The molecule has 200 valence electrons. The first kappa shape index (κ1) is 25.7. The quantitative estimate of drug-likeness (QED) is 0.311. The van der Waals surface area contributed by atoms with E-state index in [4.69, 9.17) is 15.2 Å². The van der Waals surface area contributed by atoms with Crippen molar-refractivity contribution >= 4 is 5.82 Å². The Morgan fingerprint density at radius 2 is 1.92 bits per heavy atom. The predicted octanol–water partition coefficient (Wildman–Crippen LogP) is 2.96. The molecule has 1 fully saturated rings. The van der Waals surface area contributed by atoms with Crippen molar-refractivity contribution in [3.05, 3.63) is 48.4 Å². The fraction of sp³-hybridized carbons (Fsp3) is 0.400. The van der Waals surface area contributed by atoms with Crippen LogP contribution in [0.25, 0.3) is 28.2 Å². The van der Waals surface area contributed by atoms with E-state index in [1.807, 2.05) is 10.9 Å². The molecule has 4 heterocycles. The Labute approximate surface area is 218 Å². The molecule has 1 aromatic carbocycles. The van der Waals surface area contributed by atoms with E-state index in [9.17, 15) is 4.39 Å². The van der Waals surface area contributed by atoms with Crippen LogP contribution in [0.15, 0.2) is 36.8 Å². The molecule has 0 atom stereocenters. The van der Waals surface area contributed by atoms with Crippen molar-refractivity contribution in [2.75, 3.05) is 45.2 Å². The van der Waals surface area contributed by atoms with Crippen LogP contribution < -0.4 is 10.5 Å². The van der Waals surface area contributed by atoms with Gasteiger partial charge < -0.3 is 15.2 Å². The zero-order chi connectivity index (χ0) is 26.5. The van der Waals surface area contributed by atoms with Gasteiger partial charge in [-0.25, -0.2) is 9.37 Å². The molecule has 38 heavy (non-hydrogen) atoms. The van der Waals surface area contributed by atoms with Crippen molar-refractivity contribution in [1.29, 1.82) is 0 Å². The van der Waals surface area contributed by atoms with Crippen LogP contribution in [0.2, 0.25) is 0 Å². The molecule has 4 aromatic rings. The SMILES string of the molecule is CCCn1cc(-c2cnc(N)c(-c3nnnn3-c3ccc(OCCCN4CCOCC4)c(F)c3F)c2)cn1. The number of ether oxygens (including phenoxy) is 2. The average molecular weight is 526 g/mol. The number of aryl methyl sites for hydroxylation is 1. The Morgan fingerprint density at radius 1 is 1.08 bits per heavy atom. The summed E-state index contributed by atoms with van der Waals surface area (Å²) in [4.78, 5) is 6.51. The Hall–Kier alpha value is -3.97. The number of hydrogen-bond acceptors (Lipinski definition) is 9. The number of nitrogens with zero attached hydrogens (tertiary/aromatic N) is 8. The summed E-state index contributed by atoms with van der Waals surface area (Å²) in [7, 11) is 0. The van der Waals surface area contributed by atoms with Crippen molar-refractivity contribution < 1.29 is 18.3 Å². The van der Waals surface area contributed by atoms with E-state index in [1.54, 1.807) is 18.5 Å². The van der Waals surface area contributed by atoms with Crippen LogP contribution >= 0.6 is 0 Å². The number of hydrogen-bond donors (Lipinski definition) is 1. The maximum absolute atomic E-state index is 15.2. The van der Waals surface area contributed by atoms with Crippen LogP contribution in [-0.4, -0.2) is 79.3 Å². The molecule has 2 N–H and O–H groups in total. The molecule has 0 amide bonds. The van der Waals surface area contributed by atoms with Gasteiger partial charge in [0.05, 0.1) is 31.6 Å². The van der Waals surface area contributed by atoms with Gasteiger partial charge in [0, 0.05) is 49.7 Å². The number of benzene rings is 1. The molecular weight excluding hydrogens is 496 g/mol. The van der Waals surface area contributed by atoms with E-state index in [0.29, 0.717) is 25.2 Å². The predicted molar refractivity (Wildman–Crippen MR) is 136 cm³/mol. The molecule has 13 heteroatoms. The highest BCUT2D eigenvalue weighted by molar-refractivity contribution is 5.76. The minimum Gasteiger partial charge on any atom is -0.490 e. The second-order valence-electron chi connectivity index (χ2n) is 8.93. The van der Waals surface area contributed by atoms with Crippen molar-refractivity contribution in [3.8, 4) is 34.0 Å². The first-order valence-corrected chi connectivity index (χ1v) is 12.5. The summed E-state index contributed by atoms with van der Waals surface area (Å²) in [6.45, 7) is 7.03. The Morgan fingerprint density at radius 3 is 2.74 bits per heavy atom. The van der Waals surface area contributed by atoms with Gasteiger partial charge in [-0.3, -0.25) is 9.58 Å². The number of nitrogens with two attached hydrogens (primary N) is 1. The summed E-state index contributed by atoms with van der Waals surface area (Å²) in [5.41, 5.74) is 7.90.